The summed E-state index contributed by atoms with van der Waals surface area (Å²) in [6.07, 6.45) is 2.06. The Kier molecular flexibility index (Phi) is 5.39. The Morgan fingerprint density at radius 3 is 2.50 bits per heavy atom. The van der Waals surface area contributed by atoms with Crippen molar-refractivity contribution in [1.82, 2.24) is 9.97 Å². The van der Waals surface area contributed by atoms with Crippen molar-refractivity contribution in [3.8, 4) is 0 Å². The van der Waals surface area contributed by atoms with E-state index < -0.39 is 0 Å². The first-order valence-corrected chi connectivity index (χ1v) is 7.79. The number of carbonyl (C=O) groups excluding carboxylic acids is 3. The van der Waals surface area contributed by atoms with Crippen LogP contribution in [0.25, 0.3) is 0 Å². The molecule has 0 aliphatic rings. The van der Waals surface area contributed by atoms with Crippen molar-refractivity contribution in [3.05, 3.63) is 45.5 Å². The number of rotatable bonds is 7. The number of aldehydes is 1. The van der Waals surface area contributed by atoms with E-state index in [9.17, 15) is 14.4 Å². The van der Waals surface area contributed by atoms with E-state index in [-0.39, 0.29) is 18.2 Å². The Labute approximate surface area is 140 Å². The molecule has 0 saturated heterocycles. The largest absolute Gasteiger partial charge is 0.469 e. The van der Waals surface area contributed by atoms with Gasteiger partial charge in [-0.3, -0.25) is 14.4 Å². The predicted octanol–water partition coefficient (Wildman–Crippen LogP) is 2.67. The van der Waals surface area contributed by atoms with Crippen LogP contribution in [0.2, 0.25) is 0 Å². The van der Waals surface area contributed by atoms with Crippen LogP contribution in [0.15, 0.2) is 6.07 Å². The molecule has 0 unspecified atom stereocenters. The number of H-pyrrole nitrogens is 2. The molecule has 2 aromatic rings. The van der Waals surface area contributed by atoms with Crippen LogP contribution < -0.4 is 0 Å². The fourth-order valence-electron chi connectivity index (χ4n) is 2.93. The van der Waals surface area contributed by atoms with Crippen LogP contribution in [0, 0.1) is 13.8 Å². The van der Waals surface area contributed by atoms with E-state index in [1.54, 1.807) is 0 Å². The molecule has 0 aliphatic carbocycles. The third-order valence-corrected chi connectivity index (χ3v) is 4.25. The lowest BCUT2D eigenvalue weighted by atomic mass is 10.0. The highest BCUT2D eigenvalue weighted by Crippen LogP contribution is 2.23. The fraction of sp³-hybridized carbons (Fsp3) is 0.389. The molecule has 24 heavy (non-hydrogen) atoms. The van der Waals surface area contributed by atoms with Gasteiger partial charge in [-0.25, -0.2) is 0 Å². The van der Waals surface area contributed by atoms with Gasteiger partial charge in [0.2, 0.25) is 0 Å². The second kappa shape index (κ2) is 7.29. The van der Waals surface area contributed by atoms with E-state index in [4.69, 9.17) is 0 Å². The van der Waals surface area contributed by atoms with Crippen molar-refractivity contribution in [1.29, 1.82) is 0 Å². The molecule has 0 aliphatic heterocycles. The Morgan fingerprint density at radius 1 is 1.25 bits per heavy atom. The Hall–Kier alpha value is -2.63. The lowest BCUT2D eigenvalue weighted by Crippen LogP contribution is -2.04. The SMILES string of the molecule is COC(=O)CCc1c(Cc2cc(C(C)=O)c(C)[nH]2)[nH]c(C=O)c1C. The molecule has 0 fully saturated rings. The molecule has 0 atom stereocenters. The van der Waals surface area contributed by atoms with Gasteiger partial charge in [0.15, 0.2) is 12.1 Å². The zero-order chi connectivity index (χ0) is 17.9. The average Bonchev–Trinajstić information content (AvgIpc) is 3.05. The number of esters is 1. The molecule has 2 N–H and O–H groups in total. The second-order valence-electron chi connectivity index (χ2n) is 5.88. The molecule has 128 valence electrons. The summed E-state index contributed by atoms with van der Waals surface area (Å²) in [7, 11) is 1.36. The molecule has 0 spiro atoms. The summed E-state index contributed by atoms with van der Waals surface area (Å²) in [5, 5.41) is 0. The molecule has 2 rings (SSSR count). The summed E-state index contributed by atoms with van der Waals surface area (Å²) in [4.78, 5) is 40.5. The highest BCUT2D eigenvalue weighted by atomic mass is 16.5. The maximum absolute atomic E-state index is 11.6. The quantitative estimate of drug-likeness (QED) is 0.464. The minimum absolute atomic E-state index is 0.0113. The van der Waals surface area contributed by atoms with E-state index in [1.807, 2.05) is 19.9 Å². The lowest BCUT2D eigenvalue weighted by molar-refractivity contribution is -0.140. The Bertz CT molecular complexity index is 783. The smallest absolute Gasteiger partial charge is 0.305 e. The minimum Gasteiger partial charge on any atom is -0.469 e. The van der Waals surface area contributed by atoms with Gasteiger partial charge in [0.1, 0.15) is 0 Å². The molecule has 0 saturated carbocycles. The summed E-state index contributed by atoms with van der Waals surface area (Å²) < 4.78 is 4.69. The number of ether oxygens (including phenoxy) is 1. The van der Waals surface area contributed by atoms with Gasteiger partial charge in [-0.15, -0.1) is 0 Å². The van der Waals surface area contributed by atoms with Crippen molar-refractivity contribution in [2.45, 2.75) is 40.0 Å². The summed E-state index contributed by atoms with van der Waals surface area (Å²) in [5.41, 5.74) is 5.55. The highest BCUT2D eigenvalue weighted by Gasteiger charge is 2.17. The molecular weight excluding hydrogens is 308 g/mol. The number of nitrogens with one attached hydrogen (secondary N) is 2. The Balaban J connectivity index is 2.31. The second-order valence-corrected chi connectivity index (χ2v) is 5.88. The Morgan fingerprint density at radius 2 is 1.96 bits per heavy atom. The van der Waals surface area contributed by atoms with Gasteiger partial charge in [0.05, 0.1) is 12.8 Å². The standard InChI is InChI=1S/C18H22N2O4/c1-10-14(5-6-18(23)24-4)16(20-17(10)9-21)8-13-7-15(12(3)22)11(2)19-13/h7,9,19-20H,5-6,8H2,1-4H3. The lowest BCUT2D eigenvalue weighted by Gasteiger charge is -2.05. The number of Topliss-reactive ketones (excluding diaryl/α,β-unsaturated/α-hetero) is 1. The first-order chi connectivity index (χ1) is 11.4. The van der Waals surface area contributed by atoms with Crippen LogP contribution in [-0.4, -0.2) is 35.1 Å². The molecule has 0 amide bonds. The van der Waals surface area contributed by atoms with Gasteiger partial charge < -0.3 is 14.7 Å². The van der Waals surface area contributed by atoms with Crippen molar-refractivity contribution in [2.75, 3.05) is 7.11 Å². The van der Waals surface area contributed by atoms with Gasteiger partial charge in [0.25, 0.3) is 0 Å². The normalized spacial score (nSPS) is 10.7. The van der Waals surface area contributed by atoms with Gasteiger partial charge in [-0.1, -0.05) is 0 Å². The number of carbonyl (C=O) groups is 3. The highest BCUT2D eigenvalue weighted by molar-refractivity contribution is 5.95. The molecule has 2 heterocycles. The fourth-order valence-corrected chi connectivity index (χ4v) is 2.93. The first kappa shape index (κ1) is 17.7. The van der Waals surface area contributed by atoms with E-state index in [0.717, 1.165) is 34.5 Å². The summed E-state index contributed by atoms with van der Waals surface area (Å²) in [6, 6.07) is 1.83. The molecule has 0 aromatic carbocycles. The third kappa shape index (κ3) is 3.64. The van der Waals surface area contributed by atoms with Gasteiger partial charge >= 0.3 is 5.97 Å². The molecule has 0 radical (unpaired) electrons. The number of hydrogen-bond acceptors (Lipinski definition) is 4. The van der Waals surface area contributed by atoms with Crippen molar-refractivity contribution < 1.29 is 19.1 Å². The first-order valence-electron chi connectivity index (χ1n) is 7.79. The molecule has 0 bridgehead atoms. The number of hydrogen-bond donors (Lipinski definition) is 2. The summed E-state index contributed by atoms with van der Waals surface area (Å²) in [5.74, 6) is -0.277. The zero-order valence-electron chi connectivity index (χ0n) is 14.4. The molecule has 6 nitrogen and oxygen atoms in total. The predicted molar refractivity (Wildman–Crippen MR) is 89.6 cm³/mol. The van der Waals surface area contributed by atoms with Gasteiger partial charge in [-0.2, -0.15) is 0 Å². The maximum Gasteiger partial charge on any atom is 0.305 e. The maximum atomic E-state index is 11.6. The van der Waals surface area contributed by atoms with Crippen LogP contribution in [0.5, 0.6) is 0 Å². The number of aromatic nitrogens is 2. The van der Waals surface area contributed by atoms with Crippen LogP contribution in [-0.2, 0) is 22.4 Å². The number of methoxy groups -OCH3 is 1. The number of ketones is 1. The van der Waals surface area contributed by atoms with E-state index in [0.29, 0.717) is 24.1 Å². The third-order valence-electron chi connectivity index (χ3n) is 4.25. The number of aryl methyl sites for hydroxylation is 1. The van der Waals surface area contributed by atoms with Crippen molar-refractivity contribution in [2.24, 2.45) is 0 Å². The van der Waals surface area contributed by atoms with E-state index in [1.165, 1.54) is 14.0 Å². The molecular formula is C18H22N2O4. The minimum atomic E-state index is -0.288. The van der Waals surface area contributed by atoms with Crippen LogP contribution in [0.1, 0.15) is 62.4 Å². The average molecular weight is 330 g/mol. The van der Waals surface area contributed by atoms with Crippen LogP contribution in [0.4, 0.5) is 0 Å². The van der Waals surface area contributed by atoms with Crippen molar-refractivity contribution >= 4 is 18.0 Å². The van der Waals surface area contributed by atoms with Crippen LogP contribution >= 0.6 is 0 Å². The summed E-state index contributed by atoms with van der Waals surface area (Å²) >= 11 is 0. The zero-order valence-corrected chi connectivity index (χ0v) is 14.4. The van der Waals surface area contributed by atoms with E-state index in [2.05, 4.69) is 14.7 Å². The van der Waals surface area contributed by atoms with Gasteiger partial charge in [-0.05, 0) is 44.4 Å². The van der Waals surface area contributed by atoms with Crippen molar-refractivity contribution in [3.63, 3.8) is 0 Å². The molecule has 6 heteroatoms. The van der Waals surface area contributed by atoms with E-state index >= 15 is 0 Å². The van der Waals surface area contributed by atoms with Crippen LogP contribution in [0.3, 0.4) is 0 Å². The summed E-state index contributed by atoms with van der Waals surface area (Å²) in [6.45, 7) is 5.25. The monoisotopic (exact) mass is 330 g/mol. The topological polar surface area (TPSA) is 92.0 Å². The number of aromatic amines is 2. The van der Waals surface area contributed by atoms with Gasteiger partial charge in [0, 0.05) is 35.5 Å². The molecule has 2 aromatic heterocycles.